The molecule has 2 unspecified atom stereocenters. The van der Waals surface area contributed by atoms with Gasteiger partial charge in [-0.25, -0.2) is 8.42 Å². The van der Waals surface area contributed by atoms with Gasteiger partial charge in [-0.3, -0.25) is 0 Å². The molecule has 2 atom stereocenters. The van der Waals surface area contributed by atoms with E-state index in [1.807, 2.05) is 37.3 Å². The molecular weight excluding hydrogens is 350 g/mol. The van der Waals surface area contributed by atoms with Gasteiger partial charge in [0.15, 0.2) is 0 Å². The van der Waals surface area contributed by atoms with Gasteiger partial charge in [-0.15, -0.1) is 0 Å². The van der Waals surface area contributed by atoms with Gasteiger partial charge in [0, 0.05) is 17.9 Å². The maximum absolute atomic E-state index is 12.7. The number of sulfonamides is 1. The van der Waals surface area contributed by atoms with E-state index in [0.717, 1.165) is 36.6 Å². The Morgan fingerprint density at radius 3 is 2.71 bits per heavy atom. The van der Waals surface area contributed by atoms with Crippen LogP contribution in [0.2, 0.25) is 0 Å². The molecule has 21 heavy (non-hydrogen) atoms. The summed E-state index contributed by atoms with van der Waals surface area (Å²) in [5.41, 5.74) is 1.09. The van der Waals surface area contributed by atoms with Gasteiger partial charge in [0.1, 0.15) is 0 Å². The van der Waals surface area contributed by atoms with Crippen LogP contribution in [-0.2, 0) is 10.0 Å². The van der Waals surface area contributed by atoms with Crippen molar-refractivity contribution in [2.45, 2.75) is 44.6 Å². The highest BCUT2D eigenvalue weighted by Gasteiger charge is 2.34. The van der Waals surface area contributed by atoms with E-state index in [9.17, 15) is 8.42 Å². The molecule has 1 fully saturated rings. The Morgan fingerprint density at radius 2 is 2.05 bits per heavy atom. The molecule has 1 aliphatic heterocycles. The molecule has 1 saturated heterocycles. The quantitative estimate of drug-likeness (QED) is 0.682. The van der Waals surface area contributed by atoms with Crippen molar-refractivity contribution in [2.24, 2.45) is 0 Å². The highest BCUT2D eigenvalue weighted by atomic mass is 79.9. The second kappa shape index (κ2) is 7.75. The number of hydrogen-bond donors (Lipinski definition) is 0. The SMILES string of the molecule is CC(CS(=O)(=O)N1CCCC1CCCBr)c1ccccc1. The Labute approximate surface area is 136 Å². The average molecular weight is 374 g/mol. The van der Waals surface area contributed by atoms with Crippen LogP contribution in [0.5, 0.6) is 0 Å². The summed E-state index contributed by atoms with van der Waals surface area (Å²) >= 11 is 3.43. The van der Waals surface area contributed by atoms with Gasteiger partial charge in [0.25, 0.3) is 0 Å². The lowest BCUT2D eigenvalue weighted by Gasteiger charge is -2.25. The van der Waals surface area contributed by atoms with Gasteiger partial charge in [-0.1, -0.05) is 53.2 Å². The summed E-state index contributed by atoms with van der Waals surface area (Å²) in [4.78, 5) is 0. The van der Waals surface area contributed by atoms with Gasteiger partial charge in [-0.2, -0.15) is 4.31 Å². The number of alkyl halides is 1. The number of rotatable bonds is 7. The second-order valence-corrected chi connectivity index (χ2v) is 8.59. The summed E-state index contributed by atoms with van der Waals surface area (Å²) in [6.07, 6.45) is 3.99. The molecule has 118 valence electrons. The van der Waals surface area contributed by atoms with Crippen molar-refractivity contribution in [2.75, 3.05) is 17.6 Å². The van der Waals surface area contributed by atoms with E-state index in [-0.39, 0.29) is 17.7 Å². The summed E-state index contributed by atoms with van der Waals surface area (Å²) in [6, 6.07) is 10.1. The smallest absolute Gasteiger partial charge is 0.212 e. The Hall–Kier alpha value is -0.390. The predicted octanol–water partition coefficient (Wildman–Crippen LogP) is 3.76. The molecule has 3 nitrogen and oxygen atoms in total. The molecule has 1 aromatic carbocycles. The minimum absolute atomic E-state index is 0.0358. The molecule has 0 aromatic heterocycles. The molecule has 1 aliphatic rings. The Bertz CT molecular complexity index is 532. The minimum atomic E-state index is -3.17. The molecule has 0 bridgehead atoms. The molecule has 0 radical (unpaired) electrons. The van der Waals surface area contributed by atoms with Crippen molar-refractivity contribution < 1.29 is 8.42 Å². The predicted molar refractivity (Wildman–Crippen MR) is 91.4 cm³/mol. The lowest BCUT2D eigenvalue weighted by molar-refractivity contribution is 0.368. The highest BCUT2D eigenvalue weighted by Crippen LogP contribution is 2.27. The summed E-state index contributed by atoms with van der Waals surface area (Å²) in [6.45, 7) is 2.69. The molecular formula is C16H24BrNO2S. The van der Waals surface area contributed by atoms with Crippen LogP contribution in [0, 0.1) is 0 Å². The zero-order valence-electron chi connectivity index (χ0n) is 12.5. The molecule has 0 amide bonds. The van der Waals surface area contributed by atoms with Crippen LogP contribution in [0.4, 0.5) is 0 Å². The lowest BCUT2D eigenvalue weighted by atomic mass is 10.0. The monoisotopic (exact) mass is 373 g/mol. The van der Waals surface area contributed by atoms with E-state index in [4.69, 9.17) is 0 Å². The Balaban J connectivity index is 2.04. The normalized spacial score (nSPS) is 21.5. The molecule has 1 heterocycles. The largest absolute Gasteiger partial charge is 0.214 e. The standard InChI is InChI=1S/C16H24BrNO2S/c1-14(15-7-3-2-4-8-15)13-21(19,20)18-12-6-10-16(18)9-5-11-17/h2-4,7-8,14,16H,5-6,9-13H2,1H3. The number of halogens is 1. The van der Waals surface area contributed by atoms with Crippen LogP contribution < -0.4 is 0 Å². The molecule has 1 aromatic rings. The fraction of sp³-hybridized carbons (Fsp3) is 0.625. The van der Waals surface area contributed by atoms with Crippen molar-refractivity contribution in [3.8, 4) is 0 Å². The minimum Gasteiger partial charge on any atom is -0.212 e. The third kappa shape index (κ3) is 4.54. The maximum Gasteiger partial charge on any atom is 0.214 e. The number of benzene rings is 1. The summed E-state index contributed by atoms with van der Waals surface area (Å²) in [7, 11) is -3.17. The first-order chi connectivity index (χ1) is 10.0. The molecule has 2 rings (SSSR count). The molecule has 0 saturated carbocycles. The van der Waals surface area contributed by atoms with E-state index >= 15 is 0 Å². The zero-order valence-corrected chi connectivity index (χ0v) is 14.9. The van der Waals surface area contributed by atoms with Gasteiger partial charge < -0.3 is 0 Å². The first kappa shape index (κ1) is 17.0. The van der Waals surface area contributed by atoms with E-state index < -0.39 is 10.0 Å². The van der Waals surface area contributed by atoms with Crippen LogP contribution in [0.1, 0.15) is 44.1 Å². The lowest BCUT2D eigenvalue weighted by Crippen LogP contribution is -2.38. The van der Waals surface area contributed by atoms with Crippen LogP contribution in [0.15, 0.2) is 30.3 Å². The van der Waals surface area contributed by atoms with Crippen LogP contribution in [-0.4, -0.2) is 36.4 Å². The van der Waals surface area contributed by atoms with Crippen LogP contribution >= 0.6 is 15.9 Å². The van der Waals surface area contributed by atoms with E-state index in [1.54, 1.807) is 4.31 Å². The summed E-state index contributed by atoms with van der Waals surface area (Å²) in [5, 5.41) is 0.942. The fourth-order valence-corrected chi connectivity index (χ4v) is 5.48. The van der Waals surface area contributed by atoms with Crippen molar-refractivity contribution in [1.29, 1.82) is 0 Å². The van der Waals surface area contributed by atoms with Gasteiger partial charge in [-0.05, 0) is 37.2 Å². The fourth-order valence-electron chi connectivity index (χ4n) is 3.07. The third-order valence-electron chi connectivity index (χ3n) is 4.18. The van der Waals surface area contributed by atoms with Crippen LogP contribution in [0.25, 0.3) is 0 Å². The maximum atomic E-state index is 12.7. The Morgan fingerprint density at radius 1 is 1.33 bits per heavy atom. The first-order valence-corrected chi connectivity index (χ1v) is 10.4. The topological polar surface area (TPSA) is 37.4 Å². The first-order valence-electron chi connectivity index (χ1n) is 7.65. The molecule has 0 aliphatic carbocycles. The van der Waals surface area contributed by atoms with E-state index in [2.05, 4.69) is 15.9 Å². The second-order valence-electron chi connectivity index (χ2n) is 5.83. The average Bonchev–Trinajstić information content (AvgIpc) is 2.95. The number of nitrogens with zero attached hydrogens (tertiary/aromatic N) is 1. The zero-order chi connectivity index (χ0) is 15.3. The van der Waals surface area contributed by atoms with Crippen molar-refractivity contribution in [3.05, 3.63) is 35.9 Å². The van der Waals surface area contributed by atoms with Gasteiger partial charge in [0.05, 0.1) is 5.75 Å². The van der Waals surface area contributed by atoms with Crippen molar-refractivity contribution in [1.82, 2.24) is 4.31 Å². The van der Waals surface area contributed by atoms with E-state index in [0.29, 0.717) is 6.54 Å². The van der Waals surface area contributed by atoms with Crippen LogP contribution in [0.3, 0.4) is 0 Å². The van der Waals surface area contributed by atoms with Crippen molar-refractivity contribution >= 4 is 26.0 Å². The highest BCUT2D eigenvalue weighted by molar-refractivity contribution is 9.09. The Kier molecular flexibility index (Phi) is 6.26. The van der Waals surface area contributed by atoms with Gasteiger partial charge in [0.2, 0.25) is 10.0 Å². The molecule has 0 N–H and O–H groups in total. The van der Waals surface area contributed by atoms with Crippen molar-refractivity contribution in [3.63, 3.8) is 0 Å². The van der Waals surface area contributed by atoms with E-state index in [1.165, 1.54) is 0 Å². The van der Waals surface area contributed by atoms with Gasteiger partial charge >= 0.3 is 0 Å². The molecule has 0 spiro atoms. The molecule has 5 heteroatoms. The summed E-state index contributed by atoms with van der Waals surface area (Å²) in [5.74, 6) is 0.246. The number of hydrogen-bond acceptors (Lipinski definition) is 2. The third-order valence-corrected chi connectivity index (χ3v) is 6.86. The summed E-state index contributed by atoms with van der Waals surface area (Å²) < 4.78 is 27.2.